The average Bonchev–Trinajstić information content (AvgIpc) is 3.36. The van der Waals surface area contributed by atoms with Crippen LogP contribution in [0.4, 0.5) is 32.0 Å². The van der Waals surface area contributed by atoms with Gasteiger partial charge in [0.15, 0.2) is 0 Å². The molecule has 39 heavy (non-hydrogen) atoms. The van der Waals surface area contributed by atoms with Gasteiger partial charge in [0, 0.05) is 49.2 Å². The molecule has 1 atom stereocenters. The molecule has 7 nitrogen and oxygen atoms in total. The Balaban J connectivity index is 1.53. The van der Waals surface area contributed by atoms with Crippen molar-refractivity contribution in [3.8, 4) is 11.1 Å². The lowest BCUT2D eigenvalue weighted by atomic mass is 9.91. The summed E-state index contributed by atoms with van der Waals surface area (Å²) in [4.78, 5) is 0. The van der Waals surface area contributed by atoms with Crippen LogP contribution in [-0.4, -0.2) is 51.0 Å². The summed E-state index contributed by atoms with van der Waals surface area (Å²) >= 11 is 0. The molecule has 1 aromatic heterocycles. The number of hydrazine groups is 2. The molecule has 2 aliphatic rings. The van der Waals surface area contributed by atoms with Crippen molar-refractivity contribution in [2.24, 2.45) is 7.05 Å². The van der Waals surface area contributed by atoms with Crippen LogP contribution in [0.1, 0.15) is 36.1 Å². The Morgan fingerprint density at radius 1 is 0.974 bits per heavy atom. The van der Waals surface area contributed by atoms with Gasteiger partial charge in [0.25, 0.3) is 5.60 Å². The molecule has 0 radical (unpaired) electrons. The number of hydrogen-bond acceptors (Lipinski definition) is 6. The third-order valence-electron chi connectivity index (χ3n) is 7.12. The summed E-state index contributed by atoms with van der Waals surface area (Å²) in [5.41, 5.74) is 2.90. The number of anilines is 1. The van der Waals surface area contributed by atoms with E-state index in [1.807, 2.05) is 50.5 Å². The smallest absolute Gasteiger partial charge is 0.378 e. The second kappa shape index (κ2) is 9.19. The first-order valence-corrected chi connectivity index (χ1v) is 12.1. The summed E-state index contributed by atoms with van der Waals surface area (Å²) in [6, 6.07) is 9.21. The fourth-order valence-corrected chi connectivity index (χ4v) is 5.17. The van der Waals surface area contributed by atoms with E-state index in [9.17, 15) is 31.4 Å². The number of halogens is 6. The van der Waals surface area contributed by atoms with Crippen molar-refractivity contribution in [1.82, 2.24) is 25.3 Å². The van der Waals surface area contributed by atoms with Crippen LogP contribution in [0.15, 0.2) is 60.6 Å². The van der Waals surface area contributed by atoms with E-state index in [1.165, 1.54) is 0 Å². The Labute approximate surface area is 220 Å². The van der Waals surface area contributed by atoms with Crippen LogP contribution >= 0.6 is 0 Å². The number of hydrogen-bond donors (Lipinski definition) is 3. The van der Waals surface area contributed by atoms with Gasteiger partial charge < -0.3 is 15.8 Å². The predicted molar refractivity (Wildman–Crippen MR) is 132 cm³/mol. The molecule has 0 aliphatic carbocycles. The third kappa shape index (κ3) is 4.48. The Bertz CT molecular complexity index is 1400. The van der Waals surface area contributed by atoms with Crippen molar-refractivity contribution in [3.63, 3.8) is 0 Å². The zero-order valence-electron chi connectivity index (χ0n) is 21.2. The largest absolute Gasteiger partial charge is 0.430 e. The van der Waals surface area contributed by atoms with Crippen LogP contribution in [0.3, 0.4) is 0 Å². The van der Waals surface area contributed by atoms with E-state index in [0.29, 0.717) is 30.8 Å². The van der Waals surface area contributed by atoms with Crippen LogP contribution in [0.2, 0.25) is 0 Å². The highest BCUT2D eigenvalue weighted by Gasteiger charge is 2.71. The number of alkyl halides is 6. The molecule has 3 N–H and O–H groups in total. The molecule has 3 heterocycles. The fourth-order valence-electron chi connectivity index (χ4n) is 5.17. The Morgan fingerprint density at radius 3 is 2.23 bits per heavy atom. The number of nitrogens with one attached hydrogen (secondary N) is 2. The molecule has 2 aromatic carbocycles. The minimum atomic E-state index is -5.94. The van der Waals surface area contributed by atoms with Crippen LogP contribution in [0.25, 0.3) is 16.8 Å². The number of rotatable bonds is 4. The molecule has 2 aliphatic heterocycles. The van der Waals surface area contributed by atoms with Gasteiger partial charge in [-0.05, 0) is 42.7 Å². The molecule has 3 aromatic rings. The zero-order chi connectivity index (χ0) is 28.3. The third-order valence-corrected chi connectivity index (χ3v) is 7.12. The highest BCUT2D eigenvalue weighted by molar-refractivity contribution is 5.75. The topological polar surface area (TPSA) is 68.6 Å². The van der Waals surface area contributed by atoms with Gasteiger partial charge in [0.2, 0.25) is 0 Å². The number of nitrogens with zero attached hydrogens (tertiary/aromatic N) is 4. The fraction of sp³-hybridized carbons (Fsp3) is 0.346. The van der Waals surface area contributed by atoms with Crippen molar-refractivity contribution in [3.05, 3.63) is 77.2 Å². The minimum Gasteiger partial charge on any atom is -0.378 e. The summed E-state index contributed by atoms with van der Waals surface area (Å²) in [6.45, 7) is 2.55. The normalized spacial score (nSPS) is 18.5. The first-order chi connectivity index (χ1) is 18.2. The van der Waals surface area contributed by atoms with Crippen LogP contribution < -0.4 is 10.7 Å². The van der Waals surface area contributed by atoms with Gasteiger partial charge in [-0.2, -0.15) is 31.4 Å². The molecular formula is C26H26F6N6O. The monoisotopic (exact) mass is 552 g/mol. The lowest BCUT2D eigenvalue weighted by Gasteiger charge is -2.32. The molecular weight excluding hydrogens is 526 g/mol. The van der Waals surface area contributed by atoms with E-state index >= 15 is 0 Å². The first-order valence-electron chi connectivity index (χ1n) is 12.1. The summed E-state index contributed by atoms with van der Waals surface area (Å²) in [5, 5.41) is 21.2. The number of benzene rings is 2. The summed E-state index contributed by atoms with van der Waals surface area (Å²) in [5.74, 6) is 0. The number of aryl methyl sites for hydroxylation is 1. The maximum Gasteiger partial charge on any atom is 0.430 e. The number of fused-ring (bicyclic) bond motifs is 3. The first kappa shape index (κ1) is 26.9. The van der Waals surface area contributed by atoms with Gasteiger partial charge >= 0.3 is 12.4 Å². The second-order valence-electron chi connectivity index (χ2n) is 9.71. The highest BCUT2D eigenvalue weighted by Crippen LogP contribution is 2.50. The van der Waals surface area contributed by atoms with Crippen molar-refractivity contribution in [2.75, 3.05) is 18.9 Å². The Morgan fingerprint density at radius 2 is 1.64 bits per heavy atom. The van der Waals surface area contributed by atoms with E-state index in [-0.39, 0.29) is 6.04 Å². The molecule has 0 saturated carbocycles. The van der Waals surface area contributed by atoms with Crippen molar-refractivity contribution < 1.29 is 31.4 Å². The number of aromatic nitrogens is 2. The summed E-state index contributed by atoms with van der Waals surface area (Å²) in [6.07, 6.45) is -7.70. The van der Waals surface area contributed by atoms with E-state index in [1.54, 1.807) is 10.9 Å². The highest BCUT2D eigenvalue weighted by atomic mass is 19.4. The maximum absolute atomic E-state index is 13.3. The van der Waals surface area contributed by atoms with Gasteiger partial charge in [0.05, 0.1) is 23.6 Å². The lowest BCUT2D eigenvalue weighted by Crippen LogP contribution is -2.53. The number of allylic oxidation sites excluding steroid dienone is 1. The predicted octanol–water partition coefficient (Wildman–Crippen LogP) is 5.31. The van der Waals surface area contributed by atoms with Crippen molar-refractivity contribution in [2.45, 2.75) is 37.3 Å². The average molecular weight is 553 g/mol. The summed E-state index contributed by atoms with van der Waals surface area (Å²) < 4.78 is 81.6. The number of aliphatic hydroxyl groups is 1. The molecule has 0 amide bonds. The molecule has 1 unspecified atom stereocenters. The van der Waals surface area contributed by atoms with Crippen molar-refractivity contribution >= 4 is 11.4 Å². The minimum absolute atomic E-state index is 0.312. The van der Waals surface area contributed by atoms with E-state index in [2.05, 4.69) is 20.9 Å². The van der Waals surface area contributed by atoms with E-state index < -0.39 is 23.5 Å². The Hall–Kier alpha value is -3.71. The summed E-state index contributed by atoms with van der Waals surface area (Å²) in [7, 11) is 3.70. The van der Waals surface area contributed by atoms with E-state index in [4.69, 9.17) is 0 Å². The quantitative estimate of drug-likeness (QED) is 0.382. The van der Waals surface area contributed by atoms with Gasteiger partial charge in [-0.1, -0.05) is 24.3 Å². The standard InChI is InChI=1S/C26H26F6N6O/c1-15-23-20-9-4-16(17-13-33-36(2)14-17)12-21(20)22(10-11-38(23)37(3)35-15)34-19-7-5-18(6-8-19)24(39,25(27,28)29)26(30,31)32/h4-9,12-14,22,34-35,39H,10-11H2,1-3H3. The molecule has 5 rings (SSSR count). The molecule has 0 fully saturated rings. The SMILES string of the molecule is CC1=C2c3ccc(-c4cnn(C)c4)cc3C(Nc3ccc(C(O)(C(F)(F)F)C(F)(F)F)cc3)CCN2N(C)N1. The maximum atomic E-state index is 13.3. The van der Waals surface area contributed by atoms with Gasteiger partial charge in [-0.15, -0.1) is 5.12 Å². The molecule has 0 spiro atoms. The van der Waals surface area contributed by atoms with Crippen LogP contribution in [0, 0.1) is 0 Å². The van der Waals surface area contributed by atoms with Crippen molar-refractivity contribution in [1.29, 1.82) is 0 Å². The van der Waals surface area contributed by atoms with Gasteiger partial charge in [-0.25, -0.2) is 0 Å². The van der Waals surface area contributed by atoms with Gasteiger partial charge in [-0.3, -0.25) is 9.69 Å². The molecule has 13 heteroatoms. The molecule has 208 valence electrons. The van der Waals surface area contributed by atoms with Gasteiger partial charge in [0.1, 0.15) is 0 Å². The zero-order valence-corrected chi connectivity index (χ0v) is 21.2. The molecule has 0 bridgehead atoms. The lowest BCUT2D eigenvalue weighted by molar-refractivity contribution is -0.376. The second-order valence-corrected chi connectivity index (χ2v) is 9.71. The molecule has 0 saturated heterocycles. The Kier molecular flexibility index (Phi) is 6.34. The van der Waals surface area contributed by atoms with Crippen LogP contribution in [0.5, 0.6) is 0 Å². The van der Waals surface area contributed by atoms with E-state index in [0.717, 1.165) is 45.8 Å². The van der Waals surface area contributed by atoms with Crippen LogP contribution in [-0.2, 0) is 12.6 Å².